The average Bonchev–Trinajstić information content (AvgIpc) is 2.45. The molecule has 5 heteroatoms. The zero-order valence-electron chi connectivity index (χ0n) is 11.6. The van der Waals surface area contributed by atoms with Gasteiger partial charge in [0, 0.05) is 17.8 Å². The molecule has 0 fully saturated rings. The minimum Gasteiger partial charge on any atom is -0.399 e. The number of terminal acetylenes is 1. The number of benzene rings is 1. The highest BCUT2D eigenvalue weighted by Crippen LogP contribution is 2.05. The van der Waals surface area contributed by atoms with Crippen molar-refractivity contribution in [2.45, 2.75) is 13.3 Å². The number of anilines is 1. The first kappa shape index (κ1) is 15.6. The van der Waals surface area contributed by atoms with Crippen LogP contribution in [0.25, 0.3) is 0 Å². The second kappa shape index (κ2) is 7.85. The molecule has 1 aromatic carbocycles. The molecule has 2 amide bonds. The first-order chi connectivity index (χ1) is 9.58. The van der Waals surface area contributed by atoms with Gasteiger partial charge >= 0.3 is 0 Å². The molecule has 1 rings (SSSR count). The molecule has 0 saturated carbocycles. The summed E-state index contributed by atoms with van der Waals surface area (Å²) in [5.41, 5.74) is 6.59. The van der Waals surface area contributed by atoms with E-state index in [4.69, 9.17) is 12.2 Å². The van der Waals surface area contributed by atoms with Gasteiger partial charge in [-0.25, -0.2) is 0 Å². The first-order valence-electron chi connectivity index (χ1n) is 6.43. The molecule has 0 unspecified atom stereocenters. The van der Waals surface area contributed by atoms with Crippen molar-refractivity contribution in [1.82, 2.24) is 10.2 Å². The van der Waals surface area contributed by atoms with Gasteiger partial charge in [0.1, 0.15) is 0 Å². The summed E-state index contributed by atoms with van der Waals surface area (Å²) in [5.74, 6) is 1.94. The molecular weight excluding hydrogens is 254 g/mol. The second-order valence-electron chi connectivity index (χ2n) is 4.32. The van der Waals surface area contributed by atoms with E-state index < -0.39 is 0 Å². The van der Waals surface area contributed by atoms with Crippen LogP contribution in [0.3, 0.4) is 0 Å². The Morgan fingerprint density at radius 1 is 1.35 bits per heavy atom. The second-order valence-corrected chi connectivity index (χ2v) is 4.32. The zero-order chi connectivity index (χ0) is 15.0. The highest BCUT2D eigenvalue weighted by Gasteiger charge is 2.13. The van der Waals surface area contributed by atoms with Crippen molar-refractivity contribution in [3.05, 3.63) is 29.8 Å². The van der Waals surface area contributed by atoms with Crippen molar-refractivity contribution in [3.63, 3.8) is 0 Å². The molecule has 0 aromatic heterocycles. The van der Waals surface area contributed by atoms with E-state index in [9.17, 15) is 9.59 Å². The van der Waals surface area contributed by atoms with Crippen LogP contribution >= 0.6 is 0 Å². The molecule has 0 atom stereocenters. The van der Waals surface area contributed by atoms with Crippen molar-refractivity contribution >= 4 is 17.5 Å². The summed E-state index contributed by atoms with van der Waals surface area (Å²) in [4.78, 5) is 25.3. The molecule has 20 heavy (non-hydrogen) atoms. The maximum Gasteiger partial charge on any atom is 0.251 e. The highest BCUT2D eigenvalue weighted by atomic mass is 16.2. The Hall–Kier alpha value is -2.48. The molecule has 1 aromatic rings. The van der Waals surface area contributed by atoms with Crippen molar-refractivity contribution in [2.75, 3.05) is 25.4 Å². The van der Waals surface area contributed by atoms with Crippen molar-refractivity contribution in [3.8, 4) is 12.3 Å². The van der Waals surface area contributed by atoms with E-state index in [0.29, 0.717) is 17.8 Å². The van der Waals surface area contributed by atoms with E-state index in [2.05, 4.69) is 11.2 Å². The summed E-state index contributed by atoms with van der Waals surface area (Å²) in [6, 6.07) is 6.50. The van der Waals surface area contributed by atoms with Crippen LogP contribution in [-0.2, 0) is 4.79 Å². The molecule has 3 N–H and O–H groups in total. The Kier molecular flexibility index (Phi) is 6.11. The van der Waals surface area contributed by atoms with E-state index in [-0.39, 0.29) is 24.9 Å². The predicted molar refractivity (Wildman–Crippen MR) is 78.9 cm³/mol. The van der Waals surface area contributed by atoms with Crippen LogP contribution in [0, 0.1) is 12.3 Å². The number of nitrogens with zero attached hydrogens (tertiary/aromatic N) is 1. The van der Waals surface area contributed by atoms with Crippen LogP contribution in [-0.4, -0.2) is 36.3 Å². The smallest absolute Gasteiger partial charge is 0.251 e. The van der Waals surface area contributed by atoms with Gasteiger partial charge in [0.25, 0.3) is 5.91 Å². The van der Waals surface area contributed by atoms with E-state index in [1.165, 1.54) is 0 Å². The average molecular weight is 273 g/mol. The van der Waals surface area contributed by atoms with Crippen LogP contribution < -0.4 is 11.1 Å². The molecule has 0 aliphatic heterocycles. The highest BCUT2D eigenvalue weighted by molar-refractivity contribution is 5.96. The fourth-order valence-electron chi connectivity index (χ4n) is 1.68. The quantitative estimate of drug-likeness (QED) is 0.596. The summed E-state index contributed by atoms with van der Waals surface area (Å²) >= 11 is 0. The fraction of sp³-hybridized carbons (Fsp3) is 0.333. The lowest BCUT2D eigenvalue weighted by molar-refractivity contribution is -0.129. The molecule has 0 radical (unpaired) electrons. The monoisotopic (exact) mass is 273 g/mol. The van der Waals surface area contributed by atoms with Gasteiger partial charge in [-0.15, -0.1) is 6.42 Å². The van der Waals surface area contributed by atoms with Gasteiger partial charge < -0.3 is 16.0 Å². The summed E-state index contributed by atoms with van der Waals surface area (Å²) in [7, 11) is 0. The Balaban J connectivity index is 2.53. The molecular formula is C15H19N3O2. The molecule has 5 nitrogen and oxygen atoms in total. The SMILES string of the molecule is C#CCN(CCC)C(=O)CNC(=O)c1ccc(N)cc1. The number of hydrogen-bond acceptors (Lipinski definition) is 3. The summed E-state index contributed by atoms with van der Waals surface area (Å²) < 4.78 is 0. The molecule has 0 bridgehead atoms. The summed E-state index contributed by atoms with van der Waals surface area (Å²) in [6.07, 6.45) is 6.03. The van der Waals surface area contributed by atoms with E-state index in [1.54, 1.807) is 29.2 Å². The fourth-order valence-corrected chi connectivity index (χ4v) is 1.68. The molecule has 0 heterocycles. The lowest BCUT2D eigenvalue weighted by Gasteiger charge is -2.19. The van der Waals surface area contributed by atoms with Crippen molar-refractivity contribution in [2.24, 2.45) is 0 Å². The number of nitrogen functional groups attached to an aromatic ring is 1. The van der Waals surface area contributed by atoms with E-state index in [0.717, 1.165) is 6.42 Å². The van der Waals surface area contributed by atoms with Gasteiger partial charge in [-0.1, -0.05) is 12.8 Å². The van der Waals surface area contributed by atoms with Crippen molar-refractivity contribution in [1.29, 1.82) is 0 Å². The maximum absolute atomic E-state index is 11.9. The largest absolute Gasteiger partial charge is 0.399 e. The lowest BCUT2D eigenvalue weighted by Crippen LogP contribution is -2.40. The predicted octanol–water partition coefficient (Wildman–Crippen LogP) is 0.870. The summed E-state index contributed by atoms with van der Waals surface area (Å²) in [6.45, 7) is 2.74. The third-order valence-corrected chi connectivity index (χ3v) is 2.70. The molecule has 0 aliphatic rings. The van der Waals surface area contributed by atoms with Crippen LogP contribution in [0.1, 0.15) is 23.7 Å². The molecule has 0 aliphatic carbocycles. The maximum atomic E-state index is 11.9. The third kappa shape index (κ3) is 4.65. The Morgan fingerprint density at radius 2 is 2.00 bits per heavy atom. The number of hydrogen-bond donors (Lipinski definition) is 2. The van der Waals surface area contributed by atoms with Crippen LogP contribution in [0.4, 0.5) is 5.69 Å². The number of nitrogens with one attached hydrogen (secondary N) is 1. The van der Waals surface area contributed by atoms with E-state index >= 15 is 0 Å². The Bertz CT molecular complexity index is 503. The van der Waals surface area contributed by atoms with Crippen LogP contribution in [0.15, 0.2) is 24.3 Å². The molecule has 106 valence electrons. The number of rotatable bonds is 6. The first-order valence-corrected chi connectivity index (χ1v) is 6.43. The van der Waals surface area contributed by atoms with E-state index in [1.807, 2.05) is 6.92 Å². The van der Waals surface area contributed by atoms with Gasteiger partial charge in [0.15, 0.2) is 0 Å². The minimum atomic E-state index is -0.310. The number of carbonyl (C=O) groups excluding carboxylic acids is 2. The van der Waals surface area contributed by atoms with Gasteiger partial charge in [-0.2, -0.15) is 0 Å². The van der Waals surface area contributed by atoms with Gasteiger partial charge in [-0.3, -0.25) is 9.59 Å². The van der Waals surface area contributed by atoms with Crippen LogP contribution in [0.5, 0.6) is 0 Å². The number of amides is 2. The Labute approximate surface area is 119 Å². The van der Waals surface area contributed by atoms with Gasteiger partial charge in [0.05, 0.1) is 13.1 Å². The topological polar surface area (TPSA) is 75.4 Å². The van der Waals surface area contributed by atoms with Gasteiger partial charge in [-0.05, 0) is 30.7 Å². The van der Waals surface area contributed by atoms with Crippen molar-refractivity contribution < 1.29 is 9.59 Å². The van der Waals surface area contributed by atoms with Crippen LogP contribution in [0.2, 0.25) is 0 Å². The Morgan fingerprint density at radius 3 is 2.55 bits per heavy atom. The summed E-state index contributed by atoms with van der Waals surface area (Å²) in [5, 5.41) is 2.58. The molecule has 0 spiro atoms. The van der Waals surface area contributed by atoms with Gasteiger partial charge in [0.2, 0.25) is 5.91 Å². The lowest BCUT2D eigenvalue weighted by atomic mass is 10.2. The zero-order valence-corrected chi connectivity index (χ0v) is 11.6. The normalized spacial score (nSPS) is 9.60. The minimum absolute atomic E-state index is 0.0646. The standard InChI is InChI=1S/C15H19N3O2/c1-3-9-18(10-4-2)14(19)11-17-15(20)12-5-7-13(16)8-6-12/h1,5-8H,4,9-11,16H2,2H3,(H,17,20). The molecule has 0 saturated heterocycles. The third-order valence-electron chi connectivity index (χ3n) is 2.70. The number of nitrogens with two attached hydrogens (primary N) is 1. The number of carbonyl (C=O) groups is 2.